The first-order chi connectivity index (χ1) is 10.6. The van der Waals surface area contributed by atoms with Crippen LogP contribution in [0.2, 0.25) is 10.0 Å². The SMILES string of the molecule is O=C(NCCn1cccc1)NCC(O)c1ccc(Cl)cc1Cl. The molecule has 0 fully saturated rings. The number of aromatic nitrogens is 1. The Hall–Kier alpha value is -1.69. The van der Waals surface area contributed by atoms with Crippen LogP contribution in [-0.2, 0) is 6.54 Å². The van der Waals surface area contributed by atoms with Gasteiger partial charge in [0.15, 0.2) is 0 Å². The highest BCUT2D eigenvalue weighted by Crippen LogP contribution is 2.25. The van der Waals surface area contributed by atoms with Crippen LogP contribution in [0.25, 0.3) is 0 Å². The van der Waals surface area contributed by atoms with Gasteiger partial charge in [-0.1, -0.05) is 29.3 Å². The topological polar surface area (TPSA) is 66.3 Å². The first-order valence-corrected chi connectivity index (χ1v) is 7.57. The van der Waals surface area contributed by atoms with Crippen molar-refractivity contribution in [2.45, 2.75) is 12.6 Å². The van der Waals surface area contributed by atoms with Crippen molar-refractivity contribution in [3.05, 3.63) is 58.3 Å². The Morgan fingerprint density at radius 1 is 1.23 bits per heavy atom. The molecule has 2 rings (SSSR count). The third-order valence-corrected chi connectivity index (χ3v) is 3.66. The molecule has 1 unspecified atom stereocenters. The van der Waals surface area contributed by atoms with E-state index in [-0.39, 0.29) is 12.6 Å². The molecule has 0 saturated heterocycles. The van der Waals surface area contributed by atoms with Crippen molar-refractivity contribution in [2.75, 3.05) is 13.1 Å². The number of urea groups is 1. The van der Waals surface area contributed by atoms with Gasteiger partial charge < -0.3 is 20.3 Å². The summed E-state index contributed by atoms with van der Waals surface area (Å²) in [6.45, 7) is 1.25. The Bertz CT molecular complexity index is 617. The Morgan fingerprint density at radius 3 is 2.64 bits per heavy atom. The van der Waals surface area contributed by atoms with Gasteiger partial charge in [-0.15, -0.1) is 0 Å². The second kappa shape index (κ2) is 8.08. The number of hydrogen-bond acceptors (Lipinski definition) is 2. The molecule has 5 nitrogen and oxygen atoms in total. The largest absolute Gasteiger partial charge is 0.387 e. The zero-order valence-electron chi connectivity index (χ0n) is 11.8. The summed E-state index contributed by atoms with van der Waals surface area (Å²) in [5.41, 5.74) is 0.527. The highest BCUT2D eigenvalue weighted by Gasteiger charge is 2.13. The van der Waals surface area contributed by atoms with Gasteiger partial charge in [0.05, 0.1) is 6.10 Å². The third-order valence-electron chi connectivity index (χ3n) is 3.10. The van der Waals surface area contributed by atoms with E-state index in [9.17, 15) is 9.90 Å². The van der Waals surface area contributed by atoms with Crippen LogP contribution in [0.3, 0.4) is 0 Å². The number of benzene rings is 1. The van der Waals surface area contributed by atoms with Gasteiger partial charge in [0.1, 0.15) is 0 Å². The monoisotopic (exact) mass is 341 g/mol. The molecule has 0 bridgehead atoms. The summed E-state index contributed by atoms with van der Waals surface area (Å²) in [6, 6.07) is 8.35. The molecule has 0 aliphatic rings. The average molecular weight is 342 g/mol. The van der Waals surface area contributed by atoms with Crippen molar-refractivity contribution < 1.29 is 9.90 Å². The van der Waals surface area contributed by atoms with Crippen molar-refractivity contribution in [3.63, 3.8) is 0 Å². The molecule has 0 aliphatic carbocycles. The normalized spacial score (nSPS) is 12.0. The Balaban J connectivity index is 1.73. The summed E-state index contributed by atoms with van der Waals surface area (Å²) in [7, 11) is 0. The Labute approximate surface area is 138 Å². The molecule has 1 aromatic heterocycles. The molecular formula is C15H17Cl2N3O2. The number of nitrogens with one attached hydrogen (secondary N) is 2. The molecule has 0 spiro atoms. The third kappa shape index (κ3) is 4.94. The number of carbonyl (C=O) groups excluding carboxylic acids is 1. The van der Waals surface area contributed by atoms with Crippen LogP contribution in [0.1, 0.15) is 11.7 Å². The van der Waals surface area contributed by atoms with Crippen LogP contribution in [0.4, 0.5) is 4.79 Å². The van der Waals surface area contributed by atoms with Crippen LogP contribution < -0.4 is 10.6 Å². The quantitative estimate of drug-likeness (QED) is 0.756. The van der Waals surface area contributed by atoms with E-state index in [0.29, 0.717) is 28.7 Å². The molecule has 7 heteroatoms. The molecule has 118 valence electrons. The lowest BCUT2D eigenvalue weighted by molar-refractivity contribution is 0.173. The maximum atomic E-state index is 11.6. The zero-order chi connectivity index (χ0) is 15.9. The average Bonchev–Trinajstić information content (AvgIpc) is 2.98. The van der Waals surface area contributed by atoms with E-state index < -0.39 is 6.10 Å². The van der Waals surface area contributed by atoms with Gasteiger partial charge in [-0.05, 0) is 24.3 Å². The maximum absolute atomic E-state index is 11.6. The number of nitrogens with zero attached hydrogens (tertiary/aromatic N) is 1. The summed E-state index contributed by atoms with van der Waals surface area (Å²) in [4.78, 5) is 11.6. The Kier molecular flexibility index (Phi) is 6.12. The zero-order valence-corrected chi connectivity index (χ0v) is 13.3. The number of carbonyl (C=O) groups is 1. The fourth-order valence-corrected chi connectivity index (χ4v) is 2.49. The van der Waals surface area contributed by atoms with Gasteiger partial charge in [-0.25, -0.2) is 4.79 Å². The second-order valence-electron chi connectivity index (χ2n) is 4.74. The first kappa shape index (κ1) is 16.7. The van der Waals surface area contributed by atoms with E-state index in [1.165, 1.54) is 0 Å². The minimum atomic E-state index is -0.889. The highest BCUT2D eigenvalue weighted by molar-refractivity contribution is 6.35. The molecule has 0 aliphatic heterocycles. The Morgan fingerprint density at radius 2 is 1.95 bits per heavy atom. The molecule has 1 aromatic carbocycles. The van der Waals surface area contributed by atoms with Crippen LogP contribution in [0.5, 0.6) is 0 Å². The fraction of sp³-hybridized carbons (Fsp3) is 0.267. The lowest BCUT2D eigenvalue weighted by Crippen LogP contribution is -2.39. The van der Waals surface area contributed by atoms with Crippen LogP contribution in [0, 0.1) is 0 Å². The van der Waals surface area contributed by atoms with Crippen LogP contribution >= 0.6 is 23.2 Å². The predicted octanol–water partition coefficient (Wildman–Crippen LogP) is 2.83. The minimum Gasteiger partial charge on any atom is -0.387 e. The lowest BCUT2D eigenvalue weighted by atomic mass is 10.1. The van der Waals surface area contributed by atoms with Crippen molar-refractivity contribution in [1.29, 1.82) is 0 Å². The predicted molar refractivity (Wildman–Crippen MR) is 87.3 cm³/mol. The molecule has 0 radical (unpaired) electrons. The number of hydrogen-bond donors (Lipinski definition) is 3. The van der Waals surface area contributed by atoms with E-state index in [1.54, 1.807) is 18.2 Å². The highest BCUT2D eigenvalue weighted by atomic mass is 35.5. The smallest absolute Gasteiger partial charge is 0.314 e. The first-order valence-electron chi connectivity index (χ1n) is 6.81. The van der Waals surface area contributed by atoms with E-state index in [2.05, 4.69) is 10.6 Å². The second-order valence-corrected chi connectivity index (χ2v) is 5.58. The number of halogens is 2. The molecule has 2 aromatic rings. The molecule has 2 amide bonds. The minimum absolute atomic E-state index is 0.0662. The number of rotatable bonds is 6. The fourth-order valence-electron chi connectivity index (χ4n) is 1.95. The van der Waals surface area contributed by atoms with Gasteiger partial charge in [-0.2, -0.15) is 0 Å². The van der Waals surface area contributed by atoms with Crippen molar-refractivity contribution in [2.24, 2.45) is 0 Å². The number of amides is 2. The molecule has 1 heterocycles. The van der Waals surface area contributed by atoms with Crippen molar-refractivity contribution >= 4 is 29.2 Å². The lowest BCUT2D eigenvalue weighted by Gasteiger charge is -2.14. The van der Waals surface area contributed by atoms with Gasteiger partial charge in [-0.3, -0.25) is 0 Å². The van der Waals surface area contributed by atoms with Gasteiger partial charge >= 0.3 is 6.03 Å². The van der Waals surface area contributed by atoms with Gasteiger partial charge in [0.25, 0.3) is 0 Å². The van der Waals surface area contributed by atoms with Crippen LogP contribution in [0.15, 0.2) is 42.7 Å². The van der Waals surface area contributed by atoms with E-state index in [0.717, 1.165) is 0 Å². The van der Waals surface area contributed by atoms with E-state index in [4.69, 9.17) is 23.2 Å². The van der Waals surface area contributed by atoms with Gasteiger partial charge in [0, 0.05) is 47.6 Å². The van der Waals surface area contributed by atoms with Crippen molar-refractivity contribution in [3.8, 4) is 0 Å². The maximum Gasteiger partial charge on any atom is 0.314 e. The van der Waals surface area contributed by atoms with Gasteiger partial charge in [0.2, 0.25) is 0 Å². The summed E-state index contributed by atoms with van der Waals surface area (Å²) >= 11 is 11.8. The summed E-state index contributed by atoms with van der Waals surface area (Å²) in [6.07, 6.45) is 2.96. The standard InChI is InChI=1S/C15H17Cl2N3O2/c16-11-3-4-12(13(17)9-11)14(21)10-19-15(22)18-5-8-20-6-1-2-7-20/h1-4,6-7,9,14,21H,5,8,10H2,(H2,18,19,22). The van der Waals surface area contributed by atoms with E-state index in [1.807, 2.05) is 29.1 Å². The summed E-state index contributed by atoms with van der Waals surface area (Å²) < 4.78 is 1.96. The molecular weight excluding hydrogens is 325 g/mol. The van der Waals surface area contributed by atoms with Crippen molar-refractivity contribution in [1.82, 2.24) is 15.2 Å². The van der Waals surface area contributed by atoms with E-state index >= 15 is 0 Å². The molecule has 0 saturated carbocycles. The molecule has 3 N–H and O–H groups in total. The van der Waals surface area contributed by atoms with Crippen LogP contribution in [-0.4, -0.2) is 28.8 Å². The number of aliphatic hydroxyl groups is 1. The molecule has 22 heavy (non-hydrogen) atoms. The summed E-state index contributed by atoms with van der Waals surface area (Å²) in [5, 5.41) is 16.2. The number of aliphatic hydroxyl groups excluding tert-OH is 1. The molecule has 1 atom stereocenters. The summed E-state index contributed by atoms with van der Waals surface area (Å²) in [5.74, 6) is 0.